The van der Waals surface area contributed by atoms with Crippen LogP contribution >= 0.6 is 11.8 Å². The summed E-state index contributed by atoms with van der Waals surface area (Å²) in [6.45, 7) is 2.41. The zero-order valence-electron chi connectivity index (χ0n) is 12.2. The van der Waals surface area contributed by atoms with Gasteiger partial charge in [0, 0.05) is 18.1 Å². The van der Waals surface area contributed by atoms with E-state index in [0.29, 0.717) is 23.5 Å². The van der Waals surface area contributed by atoms with E-state index in [0.717, 1.165) is 11.4 Å². The molecule has 2 aromatic rings. The summed E-state index contributed by atoms with van der Waals surface area (Å²) in [6.07, 6.45) is -0.133. The van der Waals surface area contributed by atoms with Crippen LogP contribution in [0.15, 0.2) is 12.7 Å². The third-order valence-corrected chi connectivity index (χ3v) is 4.79. The topological polar surface area (TPSA) is 119 Å². The molecule has 3 heterocycles. The number of rotatable bonds is 5. The monoisotopic (exact) mass is 325 g/mol. The van der Waals surface area contributed by atoms with Crippen molar-refractivity contribution in [1.82, 2.24) is 19.5 Å². The molecule has 1 aliphatic heterocycles. The minimum absolute atomic E-state index is 0.447. The number of imidazole rings is 1. The van der Waals surface area contributed by atoms with Gasteiger partial charge in [0.2, 0.25) is 0 Å². The van der Waals surface area contributed by atoms with E-state index in [1.165, 1.54) is 6.33 Å². The molecule has 22 heavy (non-hydrogen) atoms. The first-order valence-electron chi connectivity index (χ1n) is 7.07. The van der Waals surface area contributed by atoms with Gasteiger partial charge in [0.1, 0.15) is 24.1 Å². The van der Waals surface area contributed by atoms with Crippen molar-refractivity contribution in [1.29, 1.82) is 0 Å². The van der Waals surface area contributed by atoms with Gasteiger partial charge < -0.3 is 20.7 Å². The molecule has 2 aromatic heterocycles. The zero-order chi connectivity index (χ0) is 15.7. The van der Waals surface area contributed by atoms with Crippen LogP contribution in [0.4, 0.5) is 0 Å². The summed E-state index contributed by atoms with van der Waals surface area (Å²) in [5.41, 5.74) is 7.46. The number of hydrogen-bond donors (Lipinski definition) is 3. The predicted molar refractivity (Wildman–Crippen MR) is 82.4 cm³/mol. The average molecular weight is 325 g/mol. The van der Waals surface area contributed by atoms with Crippen LogP contribution in [-0.4, -0.2) is 66.1 Å². The van der Waals surface area contributed by atoms with Crippen LogP contribution < -0.4 is 5.73 Å². The quantitative estimate of drug-likeness (QED) is 0.626. The van der Waals surface area contributed by atoms with Gasteiger partial charge in [0.05, 0.1) is 18.1 Å². The number of aliphatic hydroxyl groups excluding tert-OH is 2. The lowest BCUT2D eigenvalue weighted by molar-refractivity contribution is -0.0289. The molecule has 3 rings (SSSR count). The van der Waals surface area contributed by atoms with Gasteiger partial charge in [-0.1, -0.05) is 0 Å². The summed E-state index contributed by atoms with van der Waals surface area (Å²) in [4.78, 5) is 12.6. The molecule has 1 aliphatic rings. The summed E-state index contributed by atoms with van der Waals surface area (Å²) < 4.78 is 7.47. The van der Waals surface area contributed by atoms with Crippen molar-refractivity contribution in [2.75, 3.05) is 18.1 Å². The molecule has 9 heteroatoms. The summed E-state index contributed by atoms with van der Waals surface area (Å²) >= 11 is 1.59. The number of hydrogen-bond acceptors (Lipinski definition) is 8. The fourth-order valence-corrected chi connectivity index (χ4v) is 3.38. The van der Waals surface area contributed by atoms with Crippen LogP contribution in [0.25, 0.3) is 11.2 Å². The average Bonchev–Trinajstić information content (AvgIpc) is 3.05. The Labute approximate surface area is 131 Å². The Hall–Kier alpha value is -1.26. The maximum atomic E-state index is 10.3. The van der Waals surface area contributed by atoms with Crippen molar-refractivity contribution in [3.8, 4) is 0 Å². The molecule has 0 spiro atoms. The zero-order valence-corrected chi connectivity index (χ0v) is 13.0. The van der Waals surface area contributed by atoms with E-state index in [4.69, 9.17) is 10.5 Å². The lowest BCUT2D eigenvalue weighted by Crippen LogP contribution is -2.32. The van der Waals surface area contributed by atoms with Crippen LogP contribution in [0, 0.1) is 6.92 Å². The molecule has 4 atom stereocenters. The van der Waals surface area contributed by atoms with Gasteiger partial charge in [-0.25, -0.2) is 15.0 Å². The van der Waals surface area contributed by atoms with Gasteiger partial charge in [0.25, 0.3) is 0 Å². The molecule has 120 valence electrons. The number of aliphatic hydroxyl groups is 2. The first kappa shape index (κ1) is 15.6. The summed E-state index contributed by atoms with van der Waals surface area (Å²) in [5, 5.41) is 20.5. The second kappa shape index (κ2) is 6.47. The number of nitrogens with zero attached hydrogens (tertiary/aromatic N) is 4. The molecular formula is C13H19N5O3S. The lowest BCUT2D eigenvalue weighted by atomic mass is 10.1. The number of aryl methyl sites for hydroxylation is 1. The van der Waals surface area contributed by atoms with Crippen LogP contribution in [0.2, 0.25) is 0 Å². The second-order valence-corrected chi connectivity index (χ2v) is 6.34. The van der Waals surface area contributed by atoms with E-state index < -0.39 is 24.5 Å². The van der Waals surface area contributed by atoms with Crippen molar-refractivity contribution >= 4 is 22.9 Å². The van der Waals surface area contributed by atoms with Gasteiger partial charge in [-0.2, -0.15) is 11.8 Å². The van der Waals surface area contributed by atoms with Gasteiger partial charge in [-0.05, 0) is 6.92 Å². The number of nitrogens with two attached hydrogens (primary N) is 1. The maximum absolute atomic E-state index is 10.3. The van der Waals surface area contributed by atoms with Crippen molar-refractivity contribution < 1.29 is 14.9 Å². The van der Waals surface area contributed by atoms with Crippen LogP contribution in [-0.2, 0) is 4.74 Å². The van der Waals surface area contributed by atoms with E-state index in [2.05, 4.69) is 15.0 Å². The van der Waals surface area contributed by atoms with E-state index in [9.17, 15) is 10.2 Å². The molecule has 0 unspecified atom stereocenters. The molecular weight excluding hydrogens is 306 g/mol. The minimum Gasteiger partial charge on any atom is -0.387 e. The lowest BCUT2D eigenvalue weighted by Gasteiger charge is -2.16. The molecule has 0 aromatic carbocycles. The SMILES string of the molecule is Cc1ncnc2c1ncn2[C@@H]1O[C@H](CSCCN)[C@@H](O)[C@H]1O. The third kappa shape index (κ3) is 2.70. The Bertz CT molecular complexity index is 652. The molecule has 1 fully saturated rings. The Morgan fingerprint density at radius 3 is 2.91 bits per heavy atom. The fourth-order valence-electron chi connectivity index (χ4n) is 2.53. The highest BCUT2D eigenvalue weighted by Crippen LogP contribution is 2.32. The van der Waals surface area contributed by atoms with Gasteiger partial charge >= 0.3 is 0 Å². The number of fused-ring (bicyclic) bond motifs is 1. The van der Waals surface area contributed by atoms with Gasteiger partial charge in [-0.15, -0.1) is 0 Å². The van der Waals surface area contributed by atoms with Gasteiger partial charge in [0.15, 0.2) is 11.9 Å². The predicted octanol–water partition coefficient (Wildman–Crippen LogP) is -0.554. The summed E-state index contributed by atoms with van der Waals surface area (Å²) in [7, 11) is 0. The van der Waals surface area contributed by atoms with Crippen molar-refractivity contribution in [2.24, 2.45) is 5.73 Å². The van der Waals surface area contributed by atoms with E-state index in [-0.39, 0.29) is 0 Å². The number of ether oxygens (including phenoxy) is 1. The van der Waals surface area contributed by atoms with Crippen LogP contribution in [0.1, 0.15) is 11.9 Å². The summed E-state index contributed by atoms with van der Waals surface area (Å²) in [5.74, 6) is 1.36. The van der Waals surface area contributed by atoms with Crippen molar-refractivity contribution in [3.05, 3.63) is 18.3 Å². The van der Waals surface area contributed by atoms with Crippen molar-refractivity contribution in [3.63, 3.8) is 0 Å². The van der Waals surface area contributed by atoms with Gasteiger partial charge in [-0.3, -0.25) is 4.57 Å². The molecule has 8 nitrogen and oxygen atoms in total. The van der Waals surface area contributed by atoms with Crippen LogP contribution in [0.3, 0.4) is 0 Å². The Kier molecular flexibility index (Phi) is 4.59. The first-order chi connectivity index (χ1) is 10.6. The maximum Gasteiger partial charge on any atom is 0.165 e. The Balaban J connectivity index is 1.83. The molecule has 0 radical (unpaired) electrons. The van der Waals surface area contributed by atoms with E-state index >= 15 is 0 Å². The van der Waals surface area contributed by atoms with E-state index in [1.807, 2.05) is 6.92 Å². The molecule has 0 saturated carbocycles. The third-order valence-electron chi connectivity index (χ3n) is 3.70. The second-order valence-electron chi connectivity index (χ2n) is 5.19. The summed E-state index contributed by atoms with van der Waals surface area (Å²) in [6, 6.07) is 0. The smallest absolute Gasteiger partial charge is 0.165 e. The van der Waals surface area contributed by atoms with Crippen molar-refractivity contribution in [2.45, 2.75) is 31.5 Å². The minimum atomic E-state index is -1.03. The molecule has 0 aliphatic carbocycles. The molecule has 1 saturated heterocycles. The normalized spacial score (nSPS) is 28.5. The highest BCUT2D eigenvalue weighted by molar-refractivity contribution is 7.99. The van der Waals surface area contributed by atoms with E-state index in [1.54, 1.807) is 22.7 Å². The highest BCUT2D eigenvalue weighted by atomic mass is 32.2. The molecule has 4 N–H and O–H groups in total. The Morgan fingerprint density at radius 2 is 2.14 bits per heavy atom. The Morgan fingerprint density at radius 1 is 1.32 bits per heavy atom. The highest BCUT2D eigenvalue weighted by Gasteiger charge is 2.44. The fraction of sp³-hybridized carbons (Fsp3) is 0.615. The standard InChI is InChI=1S/C13H19N5O3S/c1-7-9-12(16-5-15-7)18(6-17-9)13-11(20)10(19)8(21-13)4-22-3-2-14/h5-6,8,10-11,13,19-20H,2-4,14H2,1H3/t8-,10-,11-,13-/m1/s1. The first-order valence-corrected chi connectivity index (χ1v) is 8.22. The largest absolute Gasteiger partial charge is 0.387 e. The number of thioether (sulfide) groups is 1. The molecule has 0 amide bonds. The molecule has 0 bridgehead atoms. The number of aromatic nitrogens is 4. The van der Waals surface area contributed by atoms with Crippen LogP contribution in [0.5, 0.6) is 0 Å².